The number of rotatable bonds is 5. The van der Waals surface area contributed by atoms with Gasteiger partial charge in [-0.15, -0.1) is 0 Å². The molecule has 0 aromatic rings. The Bertz CT molecular complexity index is 172. The van der Waals surface area contributed by atoms with E-state index in [0.717, 1.165) is 19.3 Å². The number of nitrogens with two attached hydrogens (primary N) is 1. The lowest BCUT2D eigenvalue weighted by Gasteiger charge is -2.13. The average molecular weight is 187 g/mol. The minimum absolute atomic E-state index is 0.256. The topological polar surface area (TPSA) is 61.5 Å². The Labute approximate surface area is 78.4 Å². The van der Waals surface area contributed by atoms with Gasteiger partial charge in [0.25, 0.3) is 0 Å². The van der Waals surface area contributed by atoms with Crippen LogP contribution in [0.3, 0.4) is 0 Å². The summed E-state index contributed by atoms with van der Waals surface area (Å²) in [5, 5.41) is 0. The second-order valence-corrected chi connectivity index (χ2v) is 3.30. The summed E-state index contributed by atoms with van der Waals surface area (Å²) >= 11 is 0. The van der Waals surface area contributed by atoms with Crippen LogP contribution in [-0.4, -0.2) is 24.9 Å². The van der Waals surface area contributed by atoms with Gasteiger partial charge in [0.2, 0.25) is 6.29 Å². The van der Waals surface area contributed by atoms with Gasteiger partial charge in [0.1, 0.15) is 0 Å². The molecule has 1 fully saturated rings. The van der Waals surface area contributed by atoms with E-state index in [2.05, 4.69) is 6.92 Å². The predicted octanol–water partition coefficient (Wildman–Crippen LogP) is 0.793. The van der Waals surface area contributed by atoms with E-state index in [1.807, 2.05) is 0 Å². The van der Waals surface area contributed by atoms with Crippen LogP contribution in [0.5, 0.6) is 0 Å². The molecule has 4 nitrogen and oxygen atoms in total. The van der Waals surface area contributed by atoms with Crippen LogP contribution < -0.4 is 5.73 Å². The fourth-order valence-electron chi connectivity index (χ4n) is 1.26. The van der Waals surface area contributed by atoms with Gasteiger partial charge in [0.15, 0.2) is 0 Å². The Balaban J connectivity index is 2.11. The summed E-state index contributed by atoms with van der Waals surface area (Å²) in [6.45, 7) is 2.75. The fraction of sp³-hybridized carbons (Fsp3) is 0.889. The van der Waals surface area contributed by atoms with Crippen molar-refractivity contribution in [1.29, 1.82) is 0 Å². The van der Waals surface area contributed by atoms with Crippen LogP contribution in [0.25, 0.3) is 0 Å². The van der Waals surface area contributed by atoms with Crippen molar-refractivity contribution < 1.29 is 14.3 Å². The van der Waals surface area contributed by atoms with Crippen molar-refractivity contribution in [3.8, 4) is 0 Å². The predicted molar refractivity (Wildman–Crippen MR) is 47.9 cm³/mol. The molecule has 0 aromatic heterocycles. The van der Waals surface area contributed by atoms with Crippen molar-refractivity contribution in [2.75, 3.05) is 6.61 Å². The highest BCUT2D eigenvalue weighted by molar-refractivity contribution is 5.72. The molecule has 0 saturated carbocycles. The molecule has 0 spiro atoms. The molecule has 4 heteroatoms. The van der Waals surface area contributed by atoms with E-state index in [9.17, 15) is 4.79 Å². The molecular weight excluding hydrogens is 170 g/mol. The minimum Gasteiger partial charge on any atom is -0.434 e. The molecule has 76 valence electrons. The lowest BCUT2D eigenvalue weighted by molar-refractivity contribution is -0.163. The summed E-state index contributed by atoms with van der Waals surface area (Å²) in [5.41, 5.74) is 5.61. The zero-order chi connectivity index (χ0) is 9.68. The van der Waals surface area contributed by atoms with Crippen LogP contribution in [0.2, 0.25) is 0 Å². The molecule has 0 aromatic carbocycles. The number of hydrogen-bond acceptors (Lipinski definition) is 4. The standard InChI is InChI=1S/C9H17NO3/c1-2-3-4-5-12-9-7(10)6-8(11)13-9/h7,9H,2-6,10H2,1H3. The average Bonchev–Trinajstić information content (AvgIpc) is 2.39. The number of hydrogen-bond donors (Lipinski definition) is 1. The Morgan fingerprint density at radius 1 is 1.62 bits per heavy atom. The maximum absolute atomic E-state index is 10.8. The molecule has 1 aliphatic heterocycles. The molecule has 0 radical (unpaired) electrons. The zero-order valence-electron chi connectivity index (χ0n) is 7.99. The highest BCUT2D eigenvalue weighted by Gasteiger charge is 2.32. The summed E-state index contributed by atoms with van der Waals surface area (Å²) in [6, 6.07) is -0.283. The third-order valence-corrected chi connectivity index (χ3v) is 2.03. The molecular formula is C9H17NO3. The van der Waals surface area contributed by atoms with Gasteiger partial charge >= 0.3 is 5.97 Å². The Kier molecular flexibility index (Phi) is 4.18. The van der Waals surface area contributed by atoms with Gasteiger partial charge in [-0.1, -0.05) is 19.8 Å². The van der Waals surface area contributed by atoms with Crippen molar-refractivity contribution in [2.24, 2.45) is 5.73 Å². The van der Waals surface area contributed by atoms with Crippen LogP contribution in [0.1, 0.15) is 32.6 Å². The largest absolute Gasteiger partial charge is 0.434 e. The first-order chi connectivity index (χ1) is 6.24. The van der Waals surface area contributed by atoms with E-state index in [4.69, 9.17) is 15.2 Å². The smallest absolute Gasteiger partial charge is 0.309 e. The molecule has 1 heterocycles. The van der Waals surface area contributed by atoms with Crippen LogP contribution in [0, 0.1) is 0 Å². The molecule has 2 N–H and O–H groups in total. The fourth-order valence-corrected chi connectivity index (χ4v) is 1.26. The van der Waals surface area contributed by atoms with E-state index < -0.39 is 6.29 Å². The van der Waals surface area contributed by atoms with Gasteiger partial charge in [-0.2, -0.15) is 0 Å². The quantitative estimate of drug-likeness (QED) is 0.510. The van der Waals surface area contributed by atoms with Gasteiger partial charge < -0.3 is 15.2 Å². The lowest BCUT2D eigenvalue weighted by Crippen LogP contribution is -2.32. The summed E-state index contributed by atoms with van der Waals surface area (Å²) in [5.74, 6) is -0.256. The number of cyclic esters (lactones) is 1. The van der Waals surface area contributed by atoms with Gasteiger partial charge in [-0.25, -0.2) is 0 Å². The third kappa shape index (κ3) is 3.32. The summed E-state index contributed by atoms with van der Waals surface area (Å²) in [4.78, 5) is 10.8. The molecule has 0 bridgehead atoms. The first-order valence-electron chi connectivity index (χ1n) is 4.80. The van der Waals surface area contributed by atoms with Gasteiger partial charge in [0.05, 0.1) is 19.1 Å². The summed E-state index contributed by atoms with van der Waals surface area (Å²) < 4.78 is 10.2. The number of carbonyl (C=O) groups is 1. The Hall–Kier alpha value is -0.610. The number of carbonyl (C=O) groups excluding carboxylic acids is 1. The highest BCUT2D eigenvalue weighted by atomic mass is 16.7. The SMILES string of the molecule is CCCCCOC1OC(=O)CC1N. The van der Waals surface area contributed by atoms with Crippen molar-refractivity contribution in [3.63, 3.8) is 0 Å². The molecule has 1 saturated heterocycles. The summed E-state index contributed by atoms with van der Waals surface area (Å²) in [6.07, 6.45) is 3.05. The van der Waals surface area contributed by atoms with E-state index in [0.29, 0.717) is 6.61 Å². The molecule has 2 unspecified atom stereocenters. The van der Waals surface area contributed by atoms with Crippen molar-refractivity contribution in [1.82, 2.24) is 0 Å². The first kappa shape index (κ1) is 10.5. The monoisotopic (exact) mass is 187 g/mol. The van der Waals surface area contributed by atoms with Crippen molar-refractivity contribution in [3.05, 3.63) is 0 Å². The number of esters is 1. The van der Waals surface area contributed by atoms with Crippen LogP contribution in [0.4, 0.5) is 0 Å². The summed E-state index contributed by atoms with van der Waals surface area (Å²) in [7, 11) is 0. The molecule has 1 aliphatic rings. The molecule has 1 rings (SSSR count). The second-order valence-electron chi connectivity index (χ2n) is 3.30. The minimum atomic E-state index is -0.510. The number of unbranched alkanes of at least 4 members (excludes halogenated alkanes) is 2. The van der Waals surface area contributed by atoms with Crippen LogP contribution in [0.15, 0.2) is 0 Å². The highest BCUT2D eigenvalue weighted by Crippen LogP contribution is 2.14. The van der Waals surface area contributed by atoms with Gasteiger partial charge in [0, 0.05) is 0 Å². The van der Waals surface area contributed by atoms with E-state index in [-0.39, 0.29) is 18.4 Å². The first-order valence-corrected chi connectivity index (χ1v) is 4.80. The third-order valence-electron chi connectivity index (χ3n) is 2.03. The maximum Gasteiger partial charge on any atom is 0.309 e. The van der Waals surface area contributed by atoms with Crippen molar-refractivity contribution >= 4 is 5.97 Å². The molecule has 0 aliphatic carbocycles. The van der Waals surface area contributed by atoms with E-state index in [1.54, 1.807) is 0 Å². The maximum atomic E-state index is 10.8. The van der Waals surface area contributed by atoms with Crippen molar-refractivity contribution in [2.45, 2.75) is 44.9 Å². The van der Waals surface area contributed by atoms with E-state index >= 15 is 0 Å². The molecule has 0 amide bonds. The molecule has 13 heavy (non-hydrogen) atoms. The van der Waals surface area contributed by atoms with Crippen LogP contribution >= 0.6 is 0 Å². The lowest BCUT2D eigenvalue weighted by atomic mass is 10.2. The van der Waals surface area contributed by atoms with Gasteiger partial charge in [-0.05, 0) is 6.42 Å². The zero-order valence-corrected chi connectivity index (χ0v) is 7.99. The van der Waals surface area contributed by atoms with Crippen LogP contribution in [-0.2, 0) is 14.3 Å². The number of ether oxygens (including phenoxy) is 2. The second kappa shape index (κ2) is 5.19. The molecule has 2 atom stereocenters. The Morgan fingerprint density at radius 3 is 2.92 bits per heavy atom. The Morgan fingerprint density at radius 2 is 2.38 bits per heavy atom. The van der Waals surface area contributed by atoms with E-state index in [1.165, 1.54) is 0 Å². The normalized spacial score (nSPS) is 27.7. The van der Waals surface area contributed by atoms with Gasteiger partial charge in [-0.3, -0.25) is 4.79 Å².